The van der Waals surface area contributed by atoms with Crippen molar-refractivity contribution in [1.82, 2.24) is 4.90 Å². The van der Waals surface area contributed by atoms with Gasteiger partial charge in [0.05, 0.1) is 7.11 Å². The van der Waals surface area contributed by atoms with Gasteiger partial charge in [-0.15, -0.1) is 0 Å². The molecule has 2 unspecified atom stereocenters. The number of alkyl halides is 3. The number of amides is 1. The van der Waals surface area contributed by atoms with Crippen molar-refractivity contribution in [1.29, 1.82) is 0 Å². The van der Waals surface area contributed by atoms with Crippen molar-refractivity contribution < 1.29 is 27.4 Å². The number of piperidine rings is 1. The quantitative estimate of drug-likeness (QED) is 0.605. The third-order valence-corrected chi connectivity index (χ3v) is 5.47. The van der Waals surface area contributed by atoms with Crippen LogP contribution in [0.2, 0.25) is 5.02 Å². The number of hydrogen-bond donors (Lipinski definition) is 1. The molecule has 3 rings (SSSR count). The minimum Gasteiger partial charge on any atom is -0.496 e. The topological polar surface area (TPSA) is 50.8 Å². The largest absolute Gasteiger partial charge is 0.496 e. The lowest BCUT2D eigenvalue weighted by atomic mass is 9.90. The Labute approximate surface area is 184 Å². The van der Waals surface area contributed by atoms with Crippen LogP contribution >= 0.6 is 11.6 Å². The highest BCUT2D eigenvalue weighted by atomic mass is 35.5. The molecule has 31 heavy (non-hydrogen) atoms. The van der Waals surface area contributed by atoms with E-state index in [0.717, 1.165) is 24.2 Å². The minimum absolute atomic E-state index is 0.0432. The fraction of sp³-hybridized carbons (Fsp3) is 0.409. The van der Waals surface area contributed by atoms with Crippen molar-refractivity contribution in [2.24, 2.45) is 0 Å². The van der Waals surface area contributed by atoms with Crippen LogP contribution in [0.5, 0.6) is 5.75 Å². The summed E-state index contributed by atoms with van der Waals surface area (Å²) in [5.74, 6) is 0.766. The van der Waals surface area contributed by atoms with Crippen molar-refractivity contribution in [3.63, 3.8) is 0 Å². The lowest BCUT2D eigenvalue weighted by Gasteiger charge is -2.35. The van der Waals surface area contributed by atoms with Crippen LogP contribution in [-0.2, 0) is 4.74 Å². The molecule has 0 aliphatic carbocycles. The number of nitrogens with one attached hydrogen (secondary N) is 1. The van der Waals surface area contributed by atoms with Crippen LogP contribution in [0.15, 0.2) is 48.5 Å². The van der Waals surface area contributed by atoms with Gasteiger partial charge in [0.25, 0.3) is 0 Å². The van der Waals surface area contributed by atoms with Gasteiger partial charge < -0.3 is 9.47 Å². The number of rotatable bonds is 6. The molecule has 9 heteroatoms. The Bertz CT molecular complexity index is 877. The van der Waals surface area contributed by atoms with E-state index in [4.69, 9.17) is 21.1 Å². The van der Waals surface area contributed by atoms with Crippen molar-refractivity contribution in [3.05, 3.63) is 59.1 Å². The zero-order chi connectivity index (χ0) is 22.4. The summed E-state index contributed by atoms with van der Waals surface area (Å²) in [4.78, 5) is 13.8. The number of para-hydroxylation sites is 1. The van der Waals surface area contributed by atoms with Gasteiger partial charge in [-0.1, -0.05) is 29.8 Å². The summed E-state index contributed by atoms with van der Waals surface area (Å²) in [5, 5.41) is 2.75. The molecule has 1 aliphatic rings. The summed E-state index contributed by atoms with van der Waals surface area (Å²) in [7, 11) is 1.58. The molecule has 0 saturated carbocycles. The lowest BCUT2D eigenvalue weighted by molar-refractivity contribution is -0.207. The Morgan fingerprint density at radius 3 is 2.61 bits per heavy atom. The predicted octanol–water partition coefficient (Wildman–Crippen LogP) is 5.71. The first-order valence-electron chi connectivity index (χ1n) is 9.91. The number of nitrogens with zero attached hydrogens (tertiary/aromatic N) is 1. The van der Waals surface area contributed by atoms with E-state index < -0.39 is 24.9 Å². The summed E-state index contributed by atoms with van der Waals surface area (Å²) in [5.41, 5.74) is 1.27. The molecule has 1 N–H and O–H groups in total. The molecule has 0 bridgehead atoms. The van der Waals surface area contributed by atoms with Gasteiger partial charge >= 0.3 is 12.3 Å². The van der Waals surface area contributed by atoms with Crippen LogP contribution in [0.1, 0.15) is 24.3 Å². The van der Waals surface area contributed by atoms with E-state index in [-0.39, 0.29) is 5.92 Å². The van der Waals surface area contributed by atoms with E-state index in [0.29, 0.717) is 23.8 Å². The average Bonchev–Trinajstić information content (AvgIpc) is 2.74. The smallest absolute Gasteiger partial charge is 0.426 e. The van der Waals surface area contributed by atoms with Crippen LogP contribution in [0.4, 0.5) is 23.7 Å². The molecule has 2 aromatic carbocycles. The molecule has 0 aromatic heterocycles. The van der Waals surface area contributed by atoms with Gasteiger partial charge in [0.1, 0.15) is 5.75 Å². The summed E-state index contributed by atoms with van der Waals surface area (Å²) in [6, 6.07) is 13.5. The minimum atomic E-state index is -4.69. The number of carbonyl (C=O) groups is 1. The van der Waals surface area contributed by atoms with Crippen molar-refractivity contribution in [2.45, 2.75) is 31.0 Å². The summed E-state index contributed by atoms with van der Waals surface area (Å²) in [6.07, 6.45) is -6.50. The third-order valence-electron chi connectivity index (χ3n) is 5.21. The third kappa shape index (κ3) is 6.51. The molecule has 2 atom stereocenters. The van der Waals surface area contributed by atoms with Crippen LogP contribution in [0, 0.1) is 0 Å². The van der Waals surface area contributed by atoms with Gasteiger partial charge in [-0.3, -0.25) is 10.2 Å². The van der Waals surface area contributed by atoms with Gasteiger partial charge in [-0.25, -0.2) is 4.79 Å². The summed E-state index contributed by atoms with van der Waals surface area (Å²) in [6.45, 7) is 0.499. The number of hydrogen-bond acceptors (Lipinski definition) is 4. The number of likely N-dealkylation sites (tertiary alicyclic amines) is 1. The Kier molecular flexibility index (Phi) is 7.67. The predicted molar refractivity (Wildman–Crippen MR) is 113 cm³/mol. The summed E-state index contributed by atoms with van der Waals surface area (Å²) >= 11 is 5.77. The van der Waals surface area contributed by atoms with E-state index >= 15 is 0 Å². The molecule has 0 spiro atoms. The highest BCUT2D eigenvalue weighted by molar-refractivity contribution is 6.30. The molecule has 1 fully saturated rings. The highest BCUT2D eigenvalue weighted by Crippen LogP contribution is 2.34. The van der Waals surface area contributed by atoms with Crippen LogP contribution < -0.4 is 10.1 Å². The Morgan fingerprint density at radius 1 is 1.23 bits per heavy atom. The van der Waals surface area contributed by atoms with Gasteiger partial charge in [0.15, 0.2) is 0 Å². The first-order valence-corrected chi connectivity index (χ1v) is 10.3. The Hall–Kier alpha value is -2.45. The molecule has 5 nitrogen and oxygen atoms in total. The van der Waals surface area contributed by atoms with Crippen molar-refractivity contribution >= 4 is 23.4 Å². The van der Waals surface area contributed by atoms with Crippen LogP contribution in [0.25, 0.3) is 0 Å². The number of ether oxygens (including phenoxy) is 2. The second-order valence-electron chi connectivity index (χ2n) is 7.41. The van der Waals surface area contributed by atoms with Crippen LogP contribution in [0.3, 0.4) is 0 Å². The van der Waals surface area contributed by atoms with E-state index in [2.05, 4.69) is 5.32 Å². The molecule has 1 heterocycles. The molecular formula is C22H24ClF3N2O3. The molecule has 2 aromatic rings. The highest BCUT2D eigenvalue weighted by Gasteiger charge is 2.44. The number of benzene rings is 2. The number of carbonyl (C=O) groups excluding carboxylic acids is 1. The SMILES string of the molecule is COc1ccccc1C1CCCN(CC(OC(=O)Nc2ccc(Cl)cc2)C(F)(F)F)C1. The maximum atomic E-state index is 13.6. The maximum absolute atomic E-state index is 13.6. The summed E-state index contributed by atoms with van der Waals surface area (Å²) < 4.78 is 51.0. The molecule has 168 valence electrons. The molecule has 1 amide bonds. The normalized spacial score (nSPS) is 18.3. The van der Waals surface area contributed by atoms with E-state index in [9.17, 15) is 18.0 Å². The first kappa shape index (κ1) is 23.2. The fourth-order valence-electron chi connectivity index (χ4n) is 3.73. The van der Waals surface area contributed by atoms with Gasteiger partial charge in [-0.05, 0) is 55.3 Å². The van der Waals surface area contributed by atoms with Gasteiger partial charge in [0, 0.05) is 29.7 Å². The number of halogens is 4. The average molecular weight is 457 g/mol. The van der Waals surface area contributed by atoms with E-state index in [1.54, 1.807) is 12.0 Å². The van der Waals surface area contributed by atoms with Crippen molar-refractivity contribution in [3.8, 4) is 5.75 Å². The van der Waals surface area contributed by atoms with E-state index in [1.807, 2.05) is 24.3 Å². The second-order valence-corrected chi connectivity index (χ2v) is 7.84. The first-order chi connectivity index (χ1) is 14.8. The molecule has 1 saturated heterocycles. The molecule has 1 aliphatic heterocycles. The van der Waals surface area contributed by atoms with E-state index in [1.165, 1.54) is 24.3 Å². The standard InChI is InChI=1S/C22H24ClF3N2O3/c1-30-19-7-3-2-6-18(19)15-5-4-12-28(13-15)14-20(22(24,25)26)31-21(29)27-17-10-8-16(23)9-11-17/h2-3,6-11,15,20H,4-5,12-14H2,1H3,(H,27,29). The molecule has 0 radical (unpaired) electrons. The fourth-order valence-corrected chi connectivity index (χ4v) is 3.86. The lowest BCUT2D eigenvalue weighted by Crippen LogP contribution is -2.47. The monoisotopic (exact) mass is 456 g/mol. The number of methoxy groups -OCH3 is 1. The Balaban J connectivity index is 1.64. The second kappa shape index (κ2) is 10.2. The molecular weight excluding hydrogens is 433 g/mol. The zero-order valence-corrected chi connectivity index (χ0v) is 17.7. The van der Waals surface area contributed by atoms with Crippen LogP contribution in [-0.4, -0.2) is 50.0 Å². The number of anilines is 1. The zero-order valence-electron chi connectivity index (χ0n) is 17.0. The Morgan fingerprint density at radius 2 is 1.94 bits per heavy atom. The van der Waals surface area contributed by atoms with Crippen molar-refractivity contribution in [2.75, 3.05) is 32.1 Å². The van der Waals surface area contributed by atoms with Gasteiger partial charge in [0.2, 0.25) is 6.10 Å². The maximum Gasteiger partial charge on any atom is 0.426 e. The van der Waals surface area contributed by atoms with Gasteiger partial charge in [-0.2, -0.15) is 13.2 Å².